The Labute approximate surface area is 134 Å². The van der Waals surface area contributed by atoms with Gasteiger partial charge in [0.15, 0.2) is 12.4 Å². The second kappa shape index (κ2) is 6.54. The number of nitriles is 1. The molecule has 0 saturated heterocycles. The predicted octanol–water partition coefficient (Wildman–Crippen LogP) is 3.02. The van der Waals surface area contributed by atoms with Gasteiger partial charge in [0.05, 0.1) is 6.21 Å². The van der Waals surface area contributed by atoms with E-state index in [0.717, 1.165) is 11.4 Å². The van der Waals surface area contributed by atoms with Gasteiger partial charge in [0.2, 0.25) is 4.77 Å². The van der Waals surface area contributed by atoms with E-state index in [2.05, 4.69) is 15.3 Å². The molecular weight excluding hydrogens is 298 g/mol. The van der Waals surface area contributed by atoms with Crippen molar-refractivity contribution in [2.24, 2.45) is 5.10 Å². The number of aromatic amines is 1. The zero-order valence-electron chi connectivity index (χ0n) is 12.7. The number of hydrogen-bond donors (Lipinski definition) is 1. The fraction of sp³-hybridized carbons (Fsp3) is 0.333. The van der Waals surface area contributed by atoms with E-state index in [0.29, 0.717) is 10.5 Å². The van der Waals surface area contributed by atoms with E-state index < -0.39 is 0 Å². The molecule has 0 aliphatic carbocycles. The second-order valence-corrected chi connectivity index (χ2v) is 6.06. The average molecular weight is 315 g/mol. The lowest BCUT2D eigenvalue weighted by Crippen LogP contribution is -2.17. The molecule has 22 heavy (non-hydrogen) atoms. The van der Waals surface area contributed by atoms with Crippen LogP contribution in [0.2, 0.25) is 0 Å². The monoisotopic (exact) mass is 315 g/mol. The van der Waals surface area contributed by atoms with E-state index in [-0.39, 0.29) is 12.0 Å². The summed E-state index contributed by atoms with van der Waals surface area (Å²) >= 11 is 5.21. The van der Waals surface area contributed by atoms with Crippen LogP contribution in [-0.4, -0.2) is 27.7 Å². The van der Waals surface area contributed by atoms with Gasteiger partial charge in [-0.3, -0.25) is 5.10 Å². The average Bonchev–Trinajstić information content (AvgIpc) is 2.85. The summed E-state index contributed by atoms with van der Waals surface area (Å²) in [5.41, 5.74) is 0.729. The highest BCUT2D eigenvalue weighted by Gasteiger charge is 2.21. The molecule has 0 atom stereocenters. The zero-order chi connectivity index (χ0) is 16.2. The Hall–Kier alpha value is -2.46. The van der Waals surface area contributed by atoms with Gasteiger partial charge >= 0.3 is 0 Å². The van der Waals surface area contributed by atoms with Gasteiger partial charge in [-0.05, 0) is 42.0 Å². The first-order valence-corrected chi connectivity index (χ1v) is 7.15. The highest BCUT2D eigenvalue weighted by molar-refractivity contribution is 7.71. The summed E-state index contributed by atoms with van der Waals surface area (Å²) in [5.74, 6) is 1.41. The van der Waals surface area contributed by atoms with Crippen molar-refractivity contribution in [3.8, 4) is 11.8 Å². The van der Waals surface area contributed by atoms with Crippen LogP contribution in [0.15, 0.2) is 29.4 Å². The molecule has 6 nitrogen and oxygen atoms in total. The highest BCUT2D eigenvalue weighted by atomic mass is 32.1. The summed E-state index contributed by atoms with van der Waals surface area (Å²) in [5, 5.41) is 19.9. The zero-order valence-corrected chi connectivity index (χ0v) is 13.5. The van der Waals surface area contributed by atoms with Gasteiger partial charge < -0.3 is 4.74 Å². The molecule has 7 heteroatoms. The van der Waals surface area contributed by atoms with Crippen molar-refractivity contribution in [1.82, 2.24) is 14.9 Å². The summed E-state index contributed by atoms with van der Waals surface area (Å²) < 4.78 is 7.28. The van der Waals surface area contributed by atoms with Gasteiger partial charge in [0, 0.05) is 5.41 Å². The van der Waals surface area contributed by atoms with E-state index in [9.17, 15) is 0 Å². The molecule has 2 aromatic rings. The van der Waals surface area contributed by atoms with Crippen LogP contribution in [0.4, 0.5) is 0 Å². The summed E-state index contributed by atoms with van der Waals surface area (Å²) in [7, 11) is 0. The largest absolute Gasteiger partial charge is 0.479 e. The Morgan fingerprint density at radius 2 is 2.09 bits per heavy atom. The molecule has 0 fully saturated rings. The van der Waals surface area contributed by atoms with Crippen LogP contribution in [0.25, 0.3) is 0 Å². The molecular formula is C15H17N5OS. The normalized spacial score (nSPS) is 11.5. The minimum Gasteiger partial charge on any atom is -0.479 e. The van der Waals surface area contributed by atoms with Gasteiger partial charge in [-0.25, -0.2) is 0 Å². The molecule has 0 bridgehead atoms. The number of H-pyrrole nitrogens is 1. The molecule has 0 unspecified atom stereocenters. The van der Waals surface area contributed by atoms with Crippen LogP contribution >= 0.6 is 12.2 Å². The third-order valence-electron chi connectivity index (χ3n) is 2.83. The third-order valence-corrected chi connectivity index (χ3v) is 3.09. The standard InChI is InChI=1S/C15H17N5OS/c1-15(2,3)13-18-19-14(22)20(13)17-10-11-4-6-12(7-5-11)21-9-8-16/h4-7,10H,9H2,1-3H3,(H,19,22)/b17-10-. The summed E-state index contributed by atoms with van der Waals surface area (Å²) in [6.45, 7) is 6.18. The molecule has 0 spiro atoms. The number of ether oxygens (including phenoxy) is 1. The molecule has 0 aliphatic rings. The molecule has 0 amide bonds. The number of hydrogen-bond acceptors (Lipinski definition) is 5. The van der Waals surface area contributed by atoms with Crippen molar-refractivity contribution in [1.29, 1.82) is 5.26 Å². The number of rotatable bonds is 4. The molecule has 1 aromatic heterocycles. The molecule has 0 saturated carbocycles. The van der Waals surface area contributed by atoms with Crippen molar-refractivity contribution in [2.45, 2.75) is 26.2 Å². The molecule has 2 rings (SSSR count). The van der Waals surface area contributed by atoms with Gasteiger partial charge in [-0.2, -0.15) is 20.1 Å². The first-order valence-electron chi connectivity index (χ1n) is 6.74. The van der Waals surface area contributed by atoms with E-state index in [1.165, 1.54) is 0 Å². The Morgan fingerprint density at radius 1 is 1.41 bits per heavy atom. The van der Waals surface area contributed by atoms with Gasteiger partial charge in [-0.1, -0.05) is 20.8 Å². The van der Waals surface area contributed by atoms with Crippen LogP contribution in [0, 0.1) is 16.1 Å². The van der Waals surface area contributed by atoms with Crippen LogP contribution in [0.5, 0.6) is 5.75 Å². The predicted molar refractivity (Wildman–Crippen MR) is 86.7 cm³/mol. The van der Waals surface area contributed by atoms with Crippen LogP contribution in [-0.2, 0) is 5.41 Å². The van der Waals surface area contributed by atoms with Gasteiger partial charge in [-0.15, -0.1) is 0 Å². The lowest BCUT2D eigenvalue weighted by atomic mass is 9.96. The molecule has 0 radical (unpaired) electrons. The molecule has 1 heterocycles. The van der Waals surface area contributed by atoms with E-state index >= 15 is 0 Å². The van der Waals surface area contributed by atoms with Crippen LogP contribution in [0.3, 0.4) is 0 Å². The minimum absolute atomic E-state index is 0.0343. The third kappa shape index (κ3) is 3.80. The fourth-order valence-electron chi connectivity index (χ4n) is 1.77. The second-order valence-electron chi connectivity index (χ2n) is 5.67. The topological polar surface area (TPSA) is 79.0 Å². The lowest BCUT2D eigenvalue weighted by Gasteiger charge is -2.15. The Bertz CT molecular complexity index is 759. The summed E-state index contributed by atoms with van der Waals surface area (Å²) in [6.07, 6.45) is 1.70. The number of aromatic nitrogens is 3. The Morgan fingerprint density at radius 3 is 2.68 bits per heavy atom. The highest BCUT2D eigenvalue weighted by Crippen LogP contribution is 2.20. The first-order chi connectivity index (χ1) is 10.4. The molecule has 0 aliphatic heterocycles. The first kappa shape index (κ1) is 15.9. The van der Waals surface area contributed by atoms with Crippen molar-refractivity contribution in [2.75, 3.05) is 6.61 Å². The summed E-state index contributed by atoms with van der Waals surface area (Å²) in [4.78, 5) is 0. The molecule has 114 valence electrons. The quantitative estimate of drug-likeness (QED) is 0.695. The lowest BCUT2D eigenvalue weighted by molar-refractivity contribution is 0.368. The van der Waals surface area contributed by atoms with Crippen molar-refractivity contribution in [3.05, 3.63) is 40.4 Å². The van der Waals surface area contributed by atoms with E-state index in [1.807, 2.05) is 39.0 Å². The maximum atomic E-state index is 8.47. The number of benzene rings is 1. The fourth-order valence-corrected chi connectivity index (χ4v) is 1.95. The van der Waals surface area contributed by atoms with E-state index in [4.69, 9.17) is 22.2 Å². The van der Waals surface area contributed by atoms with Crippen molar-refractivity contribution < 1.29 is 4.74 Å². The maximum absolute atomic E-state index is 8.47. The van der Waals surface area contributed by atoms with Gasteiger partial charge in [0.1, 0.15) is 11.8 Å². The summed E-state index contributed by atoms with van der Waals surface area (Å²) in [6, 6.07) is 9.22. The van der Waals surface area contributed by atoms with Crippen molar-refractivity contribution in [3.63, 3.8) is 0 Å². The maximum Gasteiger partial charge on any atom is 0.216 e. The van der Waals surface area contributed by atoms with Gasteiger partial charge in [0.25, 0.3) is 0 Å². The number of nitrogens with zero attached hydrogens (tertiary/aromatic N) is 4. The Kier molecular flexibility index (Phi) is 4.73. The Balaban J connectivity index is 2.21. The molecule has 1 N–H and O–H groups in total. The van der Waals surface area contributed by atoms with Crippen LogP contribution in [0.1, 0.15) is 32.2 Å². The van der Waals surface area contributed by atoms with Crippen molar-refractivity contribution >= 4 is 18.4 Å². The number of nitrogens with one attached hydrogen (secondary N) is 1. The minimum atomic E-state index is -0.167. The van der Waals surface area contributed by atoms with Crippen LogP contribution < -0.4 is 4.74 Å². The van der Waals surface area contributed by atoms with E-state index in [1.54, 1.807) is 23.0 Å². The molecule has 1 aromatic carbocycles. The SMILES string of the molecule is CC(C)(C)c1n[nH]c(=S)n1/N=C\c1ccc(OCC#N)cc1. The smallest absolute Gasteiger partial charge is 0.216 e.